The van der Waals surface area contributed by atoms with E-state index >= 15 is 0 Å². The van der Waals surface area contributed by atoms with Gasteiger partial charge in [0.05, 0.1) is 12.0 Å². The van der Waals surface area contributed by atoms with Gasteiger partial charge < -0.3 is 19.7 Å². The fraction of sp³-hybridized carbons (Fsp3) is 0.848. The molecule has 2 unspecified atom stereocenters. The summed E-state index contributed by atoms with van der Waals surface area (Å²) < 4.78 is 11.5. The Hall–Kier alpha value is -1.41. The number of allylic oxidation sites excluding steroid dienone is 1. The van der Waals surface area contributed by atoms with Crippen molar-refractivity contribution in [2.45, 2.75) is 135 Å². The first-order valence-corrected chi connectivity index (χ1v) is 16.5. The lowest BCUT2D eigenvalue weighted by Gasteiger charge is -2.62. The molecule has 4 aliphatic carbocycles. The third kappa shape index (κ3) is 6.30. The van der Waals surface area contributed by atoms with E-state index in [-0.39, 0.29) is 40.9 Å². The highest BCUT2D eigenvalue weighted by molar-refractivity contribution is 9.09. The summed E-state index contributed by atoms with van der Waals surface area (Å²) in [5.41, 5.74) is -1.05. The summed E-state index contributed by atoms with van der Waals surface area (Å²) in [6.45, 7) is 14.0. The third-order valence-corrected chi connectivity index (χ3v) is 12.6. The van der Waals surface area contributed by atoms with Crippen molar-refractivity contribution in [3.8, 4) is 0 Å². The lowest BCUT2D eigenvalue weighted by Crippen LogP contribution is -2.61. The number of alkyl halides is 1. The molecule has 0 aromatic carbocycles. The predicted molar refractivity (Wildman–Crippen MR) is 160 cm³/mol. The molecule has 3 fully saturated rings. The molecule has 3 saturated carbocycles. The van der Waals surface area contributed by atoms with Crippen LogP contribution in [0.15, 0.2) is 11.6 Å². The van der Waals surface area contributed by atoms with Crippen molar-refractivity contribution < 1.29 is 34.1 Å². The Morgan fingerprint density at radius 3 is 2.41 bits per heavy atom. The fourth-order valence-corrected chi connectivity index (χ4v) is 11.0. The molecule has 0 spiro atoms. The SMILES string of the molecule is CC(=O)OC1C[C@](O)(CC(=O)O)CC2=CC(Br)[C@H]3[C@@H]4CC[C@H]([C@H](C)CCCC(C)(C)OC(C)=O)[C@@]4(C)CC[C@@H]3[C@]21C. The molecule has 0 aromatic rings. The van der Waals surface area contributed by atoms with E-state index in [1.807, 2.05) is 13.8 Å². The van der Waals surface area contributed by atoms with Crippen molar-refractivity contribution in [3.63, 3.8) is 0 Å². The summed E-state index contributed by atoms with van der Waals surface area (Å²) >= 11 is 4.05. The smallest absolute Gasteiger partial charge is 0.306 e. The van der Waals surface area contributed by atoms with Gasteiger partial charge >= 0.3 is 17.9 Å². The lowest BCUT2D eigenvalue weighted by molar-refractivity contribution is -0.177. The molecule has 41 heavy (non-hydrogen) atoms. The minimum atomic E-state index is -1.43. The molecule has 4 aliphatic rings. The van der Waals surface area contributed by atoms with Crippen LogP contribution in [-0.4, -0.2) is 50.3 Å². The second-order valence-corrected chi connectivity index (χ2v) is 16.0. The first-order valence-electron chi connectivity index (χ1n) is 15.6. The monoisotopic (exact) mass is 638 g/mol. The molecule has 0 bridgehead atoms. The van der Waals surface area contributed by atoms with E-state index in [1.165, 1.54) is 26.7 Å². The maximum absolute atomic E-state index is 12.3. The number of carbonyl (C=O) groups is 3. The van der Waals surface area contributed by atoms with Crippen LogP contribution in [0.1, 0.15) is 113 Å². The minimum absolute atomic E-state index is 0.129. The fourth-order valence-electron chi connectivity index (χ4n) is 9.99. The Kier molecular flexibility index (Phi) is 9.19. The van der Waals surface area contributed by atoms with Gasteiger partial charge in [-0.05, 0) is 93.8 Å². The number of fused-ring (bicyclic) bond motifs is 5. The van der Waals surface area contributed by atoms with E-state index in [0.29, 0.717) is 30.1 Å². The zero-order valence-electron chi connectivity index (χ0n) is 26.0. The standard InChI is InChI=1S/C33H51BrO7/c1-19(9-8-13-30(4,5)41-21(3)36)23-10-11-24-29-25(12-14-31(23,24)6)32(7)22(15-26(29)34)16-33(39,18-28(37)38)17-27(32)40-20(2)35/h15,19,23-27,29,39H,8-14,16-18H2,1-7H3,(H,37,38)/t19-,23-,24+,25+,26?,27?,29+,31-,32+,33+/m1/s1. The Bertz CT molecular complexity index is 1070. The Labute approximate surface area is 254 Å². The van der Waals surface area contributed by atoms with E-state index in [0.717, 1.165) is 37.7 Å². The van der Waals surface area contributed by atoms with E-state index in [9.17, 15) is 24.6 Å². The molecule has 4 rings (SSSR count). The average Bonchev–Trinajstić information content (AvgIpc) is 3.16. The maximum Gasteiger partial charge on any atom is 0.306 e. The highest BCUT2D eigenvalue weighted by atomic mass is 79.9. The summed E-state index contributed by atoms with van der Waals surface area (Å²) in [7, 11) is 0. The van der Waals surface area contributed by atoms with Crippen molar-refractivity contribution >= 4 is 33.8 Å². The first-order chi connectivity index (χ1) is 18.9. The summed E-state index contributed by atoms with van der Waals surface area (Å²) in [6, 6.07) is 0. The topological polar surface area (TPSA) is 110 Å². The minimum Gasteiger partial charge on any atom is -0.481 e. The van der Waals surface area contributed by atoms with E-state index in [2.05, 4.69) is 42.8 Å². The van der Waals surface area contributed by atoms with Gasteiger partial charge in [0.15, 0.2) is 0 Å². The number of aliphatic carboxylic acids is 1. The number of esters is 2. The molecule has 10 atom stereocenters. The van der Waals surface area contributed by atoms with Crippen LogP contribution in [0.4, 0.5) is 0 Å². The van der Waals surface area contributed by atoms with Crippen LogP contribution in [0.5, 0.6) is 0 Å². The number of rotatable bonds is 9. The number of hydrogen-bond acceptors (Lipinski definition) is 6. The number of carboxylic acids is 1. The van der Waals surface area contributed by atoms with Gasteiger partial charge in [-0.25, -0.2) is 0 Å². The predicted octanol–water partition coefficient (Wildman–Crippen LogP) is 6.83. The molecule has 232 valence electrons. The van der Waals surface area contributed by atoms with Crippen molar-refractivity contribution in [1.29, 1.82) is 0 Å². The maximum atomic E-state index is 12.3. The van der Waals surface area contributed by atoms with Crippen molar-refractivity contribution in [1.82, 2.24) is 0 Å². The van der Waals surface area contributed by atoms with Gasteiger partial charge in [-0.3, -0.25) is 14.4 Å². The van der Waals surface area contributed by atoms with Gasteiger partial charge in [-0.2, -0.15) is 0 Å². The summed E-state index contributed by atoms with van der Waals surface area (Å²) in [4.78, 5) is 35.5. The van der Waals surface area contributed by atoms with Gasteiger partial charge in [-0.1, -0.05) is 54.8 Å². The summed E-state index contributed by atoms with van der Waals surface area (Å²) in [6.07, 6.45) is 9.26. The molecule has 0 aromatic heterocycles. The van der Waals surface area contributed by atoms with Crippen molar-refractivity contribution in [3.05, 3.63) is 11.6 Å². The zero-order valence-corrected chi connectivity index (χ0v) is 27.6. The van der Waals surface area contributed by atoms with Crippen LogP contribution < -0.4 is 0 Å². The Balaban J connectivity index is 1.56. The zero-order chi connectivity index (χ0) is 30.5. The molecular formula is C33H51BrO7. The van der Waals surface area contributed by atoms with Crippen LogP contribution in [-0.2, 0) is 23.9 Å². The van der Waals surface area contributed by atoms with E-state index in [4.69, 9.17) is 9.47 Å². The van der Waals surface area contributed by atoms with E-state index < -0.39 is 28.7 Å². The van der Waals surface area contributed by atoms with Gasteiger partial charge in [0, 0.05) is 30.5 Å². The lowest BCUT2D eigenvalue weighted by atomic mass is 9.45. The molecule has 2 N–H and O–H groups in total. The molecule has 0 amide bonds. The van der Waals surface area contributed by atoms with Crippen LogP contribution in [0.2, 0.25) is 0 Å². The third-order valence-electron chi connectivity index (χ3n) is 11.7. The number of carboxylic acid groups (broad SMARTS) is 1. The summed E-state index contributed by atoms with van der Waals surface area (Å²) in [5, 5.41) is 20.9. The van der Waals surface area contributed by atoms with Crippen LogP contribution in [0.25, 0.3) is 0 Å². The van der Waals surface area contributed by atoms with Gasteiger partial charge in [0.25, 0.3) is 0 Å². The highest BCUT2D eigenvalue weighted by Gasteiger charge is 2.64. The number of aliphatic hydroxyl groups is 1. The molecule has 0 aliphatic heterocycles. The van der Waals surface area contributed by atoms with Crippen molar-refractivity contribution in [2.75, 3.05) is 0 Å². The highest BCUT2D eigenvalue weighted by Crippen LogP contribution is 2.69. The van der Waals surface area contributed by atoms with Crippen LogP contribution in [0.3, 0.4) is 0 Å². The normalized spacial score (nSPS) is 40.9. The first kappa shape index (κ1) is 32.5. The molecule has 7 nitrogen and oxygen atoms in total. The van der Waals surface area contributed by atoms with E-state index in [1.54, 1.807) is 0 Å². The second-order valence-electron chi connectivity index (χ2n) is 14.9. The Morgan fingerprint density at radius 2 is 1.80 bits per heavy atom. The second kappa shape index (κ2) is 11.6. The number of ether oxygens (including phenoxy) is 2. The number of carbonyl (C=O) groups excluding carboxylic acids is 2. The van der Waals surface area contributed by atoms with Crippen molar-refractivity contribution in [2.24, 2.45) is 40.4 Å². The Morgan fingerprint density at radius 1 is 1.12 bits per heavy atom. The quantitative estimate of drug-likeness (QED) is 0.162. The van der Waals surface area contributed by atoms with Gasteiger partial charge in [0.1, 0.15) is 11.7 Å². The van der Waals surface area contributed by atoms with Crippen LogP contribution in [0, 0.1) is 40.4 Å². The average molecular weight is 640 g/mol. The molecule has 8 heteroatoms. The van der Waals surface area contributed by atoms with Gasteiger partial charge in [-0.15, -0.1) is 0 Å². The molecule has 0 radical (unpaired) electrons. The molecule has 0 heterocycles. The molecule has 0 saturated heterocycles. The number of halogens is 1. The number of hydrogen-bond donors (Lipinski definition) is 2. The van der Waals surface area contributed by atoms with Gasteiger partial charge in [0.2, 0.25) is 0 Å². The largest absolute Gasteiger partial charge is 0.481 e. The van der Waals surface area contributed by atoms with Crippen LogP contribution >= 0.6 is 15.9 Å². The molecular weight excluding hydrogens is 588 g/mol. The summed E-state index contributed by atoms with van der Waals surface area (Å²) in [5.74, 6) is 0.727.